The van der Waals surface area contributed by atoms with Crippen LogP contribution in [0, 0.1) is 3.57 Å². The van der Waals surface area contributed by atoms with Crippen molar-refractivity contribution >= 4 is 41.0 Å². The molecule has 0 aliphatic heterocycles. The largest absolute Gasteiger partial charge is 0.493 e. The molecule has 142 valence electrons. The fourth-order valence-corrected chi connectivity index (χ4v) is 3.14. The van der Waals surface area contributed by atoms with E-state index in [9.17, 15) is 4.79 Å². The molecule has 0 radical (unpaired) electrons. The average molecular weight is 492 g/mol. The van der Waals surface area contributed by atoms with Gasteiger partial charge < -0.3 is 19.5 Å². The zero-order valence-corrected chi connectivity index (χ0v) is 17.8. The quantitative estimate of drug-likeness (QED) is 0.330. The molecule has 0 fully saturated rings. The third-order valence-corrected chi connectivity index (χ3v) is 4.41. The van der Waals surface area contributed by atoms with E-state index < -0.39 is 5.97 Å². The lowest BCUT2D eigenvalue weighted by Gasteiger charge is -2.14. The molecule has 0 amide bonds. The molecule has 0 saturated heterocycles. The van der Waals surface area contributed by atoms with Crippen molar-refractivity contribution in [3.05, 3.63) is 57.2 Å². The summed E-state index contributed by atoms with van der Waals surface area (Å²) < 4.78 is 16.4. The SMILES string of the molecule is COC(=O)COc1c(I)cc(CNCCc2ccccc2)cc1OC.Cl. The molecule has 2 aromatic carbocycles. The molecule has 26 heavy (non-hydrogen) atoms. The first kappa shape index (κ1) is 22.5. The number of methoxy groups -OCH3 is 2. The van der Waals surface area contributed by atoms with Gasteiger partial charge in [-0.3, -0.25) is 0 Å². The lowest BCUT2D eigenvalue weighted by atomic mass is 10.1. The summed E-state index contributed by atoms with van der Waals surface area (Å²) in [5.41, 5.74) is 2.41. The maximum Gasteiger partial charge on any atom is 0.343 e. The summed E-state index contributed by atoms with van der Waals surface area (Å²) in [6.45, 7) is 1.48. The highest BCUT2D eigenvalue weighted by molar-refractivity contribution is 14.1. The lowest BCUT2D eigenvalue weighted by molar-refractivity contribution is -0.142. The number of hydrogen-bond donors (Lipinski definition) is 1. The van der Waals surface area contributed by atoms with Crippen LogP contribution in [0.5, 0.6) is 11.5 Å². The summed E-state index contributed by atoms with van der Waals surface area (Å²) in [7, 11) is 2.92. The van der Waals surface area contributed by atoms with Crippen LogP contribution in [0.2, 0.25) is 0 Å². The van der Waals surface area contributed by atoms with Gasteiger partial charge in [-0.05, 0) is 58.8 Å². The molecular weight excluding hydrogens is 469 g/mol. The molecule has 0 bridgehead atoms. The third-order valence-electron chi connectivity index (χ3n) is 3.61. The van der Waals surface area contributed by atoms with E-state index in [1.165, 1.54) is 12.7 Å². The predicted molar refractivity (Wildman–Crippen MR) is 112 cm³/mol. The molecule has 0 atom stereocenters. The fraction of sp³-hybridized carbons (Fsp3) is 0.316. The van der Waals surface area contributed by atoms with E-state index in [2.05, 4.69) is 56.9 Å². The molecule has 7 heteroatoms. The first-order chi connectivity index (χ1) is 12.1. The molecule has 0 aliphatic rings. The Kier molecular flexibility index (Phi) is 10.4. The Balaban J connectivity index is 0.00000338. The van der Waals surface area contributed by atoms with Crippen LogP contribution in [-0.2, 0) is 22.5 Å². The number of rotatable bonds is 9. The Bertz CT molecular complexity index is 697. The van der Waals surface area contributed by atoms with Crippen LogP contribution in [0.25, 0.3) is 0 Å². The van der Waals surface area contributed by atoms with Gasteiger partial charge in [-0.25, -0.2) is 4.79 Å². The van der Waals surface area contributed by atoms with Crippen LogP contribution in [-0.4, -0.2) is 33.3 Å². The van der Waals surface area contributed by atoms with Crippen molar-refractivity contribution in [1.29, 1.82) is 0 Å². The van der Waals surface area contributed by atoms with Crippen molar-refractivity contribution in [2.45, 2.75) is 13.0 Å². The van der Waals surface area contributed by atoms with E-state index in [1.54, 1.807) is 7.11 Å². The molecule has 0 aliphatic carbocycles. The highest BCUT2D eigenvalue weighted by Gasteiger charge is 2.13. The minimum absolute atomic E-state index is 0. The third kappa shape index (κ3) is 7.01. The molecule has 5 nitrogen and oxygen atoms in total. The summed E-state index contributed by atoms with van der Waals surface area (Å²) in [4.78, 5) is 11.3. The molecule has 1 N–H and O–H groups in total. The van der Waals surface area contributed by atoms with Crippen molar-refractivity contribution < 1.29 is 19.0 Å². The first-order valence-corrected chi connectivity index (χ1v) is 9.02. The molecule has 0 unspecified atom stereocenters. The van der Waals surface area contributed by atoms with Crippen LogP contribution in [0.1, 0.15) is 11.1 Å². The minimum Gasteiger partial charge on any atom is -0.493 e. The normalized spacial score (nSPS) is 9.96. The number of carbonyl (C=O) groups is 1. The maximum absolute atomic E-state index is 11.3. The van der Waals surface area contributed by atoms with E-state index in [4.69, 9.17) is 9.47 Å². The van der Waals surface area contributed by atoms with Gasteiger partial charge in [-0.15, -0.1) is 12.4 Å². The number of benzene rings is 2. The topological polar surface area (TPSA) is 56.8 Å². The van der Waals surface area contributed by atoms with Gasteiger partial charge in [0, 0.05) is 6.54 Å². The van der Waals surface area contributed by atoms with Gasteiger partial charge in [0.2, 0.25) is 0 Å². The van der Waals surface area contributed by atoms with Gasteiger partial charge in [0.1, 0.15) is 0 Å². The van der Waals surface area contributed by atoms with Gasteiger partial charge in [0.05, 0.1) is 17.8 Å². The number of esters is 1. The maximum atomic E-state index is 11.3. The first-order valence-electron chi connectivity index (χ1n) is 7.94. The smallest absolute Gasteiger partial charge is 0.343 e. The average Bonchev–Trinajstić information content (AvgIpc) is 2.64. The van der Waals surface area contributed by atoms with Crippen molar-refractivity contribution in [3.8, 4) is 11.5 Å². The van der Waals surface area contributed by atoms with Gasteiger partial charge in [-0.1, -0.05) is 30.3 Å². The Morgan fingerprint density at radius 2 is 1.85 bits per heavy atom. The van der Waals surface area contributed by atoms with E-state index in [0.29, 0.717) is 11.5 Å². The lowest BCUT2D eigenvalue weighted by Crippen LogP contribution is -2.17. The Labute approximate surface area is 174 Å². The molecule has 0 saturated carbocycles. The summed E-state index contributed by atoms with van der Waals surface area (Å²) in [5, 5.41) is 3.43. The molecular formula is C19H23ClINO4. The second-order valence-corrected chi connectivity index (χ2v) is 6.55. The molecule has 0 aromatic heterocycles. The van der Waals surface area contributed by atoms with E-state index in [1.807, 2.05) is 18.2 Å². The summed E-state index contributed by atoms with van der Waals surface area (Å²) in [6.07, 6.45) is 0.982. The minimum atomic E-state index is -0.426. The van der Waals surface area contributed by atoms with Gasteiger partial charge in [-0.2, -0.15) is 0 Å². The Hall–Kier alpha value is -1.51. The van der Waals surface area contributed by atoms with Crippen LogP contribution >= 0.6 is 35.0 Å². The molecule has 0 spiro atoms. The number of ether oxygens (including phenoxy) is 3. The standard InChI is InChI=1S/C19H22INO4.ClH/c1-23-17-11-15(10-16(20)19(17)25-13-18(22)24-2)12-21-9-8-14-6-4-3-5-7-14;/h3-7,10-11,21H,8-9,12-13H2,1-2H3;1H. The number of carbonyl (C=O) groups excluding carboxylic acids is 1. The fourth-order valence-electron chi connectivity index (χ4n) is 2.32. The number of halogens is 2. The second kappa shape index (κ2) is 12.0. The van der Waals surface area contributed by atoms with Crippen molar-refractivity contribution in [2.75, 3.05) is 27.4 Å². The Morgan fingerprint density at radius 3 is 2.50 bits per heavy atom. The van der Waals surface area contributed by atoms with E-state index in [0.717, 1.165) is 28.6 Å². The van der Waals surface area contributed by atoms with Crippen molar-refractivity contribution in [1.82, 2.24) is 5.32 Å². The summed E-state index contributed by atoms with van der Waals surface area (Å²) in [5.74, 6) is 0.738. The zero-order chi connectivity index (χ0) is 18.1. The summed E-state index contributed by atoms with van der Waals surface area (Å²) >= 11 is 2.18. The second-order valence-electron chi connectivity index (χ2n) is 5.39. The van der Waals surface area contributed by atoms with Crippen LogP contribution < -0.4 is 14.8 Å². The molecule has 2 rings (SSSR count). The molecule has 0 heterocycles. The highest BCUT2D eigenvalue weighted by Crippen LogP contribution is 2.34. The van der Waals surface area contributed by atoms with E-state index >= 15 is 0 Å². The van der Waals surface area contributed by atoms with Crippen molar-refractivity contribution in [2.24, 2.45) is 0 Å². The predicted octanol–water partition coefficient (Wildman–Crippen LogP) is 3.61. The van der Waals surface area contributed by atoms with E-state index in [-0.39, 0.29) is 19.0 Å². The summed E-state index contributed by atoms with van der Waals surface area (Å²) in [6, 6.07) is 14.3. The zero-order valence-electron chi connectivity index (χ0n) is 14.8. The van der Waals surface area contributed by atoms with Crippen LogP contribution in [0.15, 0.2) is 42.5 Å². The molecule has 2 aromatic rings. The van der Waals surface area contributed by atoms with Crippen LogP contribution in [0.4, 0.5) is 0 Å². The highest BCUT2D eigenvalue weighted by atomic mass is 127. The van der Waals surface area contributed by atoms with Crippen LogP contribution in [0.3, 0.4) is 0 Å². The van der Waals surface area contributed by atoms with Crippen molar-refractivity contribution in [3.63, 3.8) is 0 Å². The van der Waals surface area contributed by atoms with Gasteiger partial charge in [0.25, 0.3) is 0 Å². The monoisotopic (exact) mass is 491 g/mol. The number of nitrogens with one attached hydrogen (secondary N) is 1. The van der Waals surface area contributed by atoms with Gasteiger partial charge in [0.15, 0.2) is 18.1 Å². The Morgan fingerprint density at radius 1 is 1.12 bits per heavy atom. The number of hydrogen-bond acceptors (Lipinski definition) is 5. The van der Waals surface area contributed by atoms with Gasteiger partial charge >= 0.3 is 5.97 Å².